The van der Waals surface area contributed by atoms with Gasteiger partial charge in [-0.25, -0.2) is 19.9 Å². The van der Waals surface area contributed by atoms with E-state index in [-0.39, 0.29) is 0 Å². The van der Waals surface area contributed by atoms with Gasteiger partial charge in [-0.1, -0.05) is 200 Å². The zero-order chi connectivity index (χ0) is 61.0. The molecule has 22 aromatic rings. The van der Waals surface area contributed by atoms with Gasteiger partial charge < -0.3 is 8.80 Å². The lowest BCUT2D eigenvalue weighted by molar-refractivity contribution is 1.08. The van der Waals surface area contributed by atoms with Gasteiger partial charge in [-0.15, -0.1) is 0 Å². The minimum atomic E-state index is 0.678. The van der Waals surface area contributed by atoms with Crippen molar-refractivity contribution in [3.63, 3.8) is 0 Å². The largest absolute Gasteiger partial charge is 0.308 e. The summed E-state index contributed by atoms with van der Waals surface area (Å²) in [5.74, 6) is 3.05. The number of aromatic nitrogens is 8. The van der Waals surface area contributed by atoms with Crippen LogP contribution in [0.2, 0.25) is 0 Å². The Morgan fingerprint density at radius 3 is 1.28 bits per heavy atom. The maximum atomic E-state index is 5.73. The summed E-state index contributed by atoms with van der Waals surface area (Å²) in [6.07, 6.45) is 0. The molecule has 14 aromatic carbocycles. The Morgan fingerprint density at radius 1 is 0.213 bits per heavy atom. The summed E-state index contributed by atoms with van der Waals surface area (Å²) < 4.78 is 9.78. The maximum absolute atomic E-state index is 5.73. The molecule has 0 amide bonds. The van der Waals surface area contributed by atoms with Gasteiger partial charge in [-0.05, 0) is 124 Å². The highest BCUT2D eigenvalue weighted by Crippen LogP contribution is 2.50. The first-order valence-corrected chi connectivity index (χ1v) is 32.1. The second kappa shape index (κ2) is 18.4. The molecule has 8 heteroatoms. The third kappa shape index (κ3) is 6.64. The van der Waals surface area contributed by atoms with E-state index in [0.717, 1.165) is 99.7 Å². The van der Waals surface area contributed by atoms with Crippen molar-refractivity contribution in [2.24, 2.45) is 0 Å². The van der Waals surface area contributed by atoms with Crippen LogP contribution >= 0.6 is 0 Å². The van der Waals surface area contributed by atoms with Gasteiger partial charge in [0.05, 0.1) is 66.2 Å². The highest BCUT2D eigenvalue weighted by Gasteiger charge is 2.29. The molecular weight excluding hydrogens is 1150 g/mol. The number of nitrogens with zero attached hydrogens (tertiary/aromatic N) is 8. The zero-order valence-electron chi connectivity index (χ0n) is 50.3. The van der Waals surface area contributed by atoms with Crippen molar-refractivity contribution in [2.75, 3.05) is 0 Å². The molecule has 8 heterocycles. The van der Waals surface area contributed by atoms with Crippen LogP contribution in [0, 0.1) is 0 Å². The van der Waals surface area contributed by atoms with E-state index >= 15 is 0 Å². The number of para-hydroxylation sites is 7. The van der Waals surface area contributed by atoms with Crippen LogP contribution in [0.5, 0.6) is 0 Å². The van der Waals surface area contributed by atoms with Gasteiger partial charge in [0.25, 0.3) is 0 Å². The normalized spacial score (nSPS) is 12.5. The standard InChI is InChI=1S/C86H48N8/c1-2-20-49(21-3-1)50-22-18-24-54(45-50)83-87-67-33-11-4-27-59(67)85(89-83)93-73-39-17-9-30-62(73)78-76(93)48-65-57-26-7-14-36-70(57)92-74-43-41-52(46-66(74)80(78)82(65)92)51-40-42-55-53(44-51)23-19-32-58(55)84-88-68-34-12-5-28-60(68)86(90-84)94-72-38-16-8-29-61(72)77-75(94)47-64-56-25-6-13-35-69(56)91-71-37-15-10-31-63(71)79(77)81(64)91/h1-48H. The molecule has 0 atom stereocenters. The number of benzene rings is 14. The fourth-order valence-corrected chi connectivity index (χ4v) is 16.5. The van der Waals surface area contributed by atoms with E-state index < -0.39 is 0 Å². The first-order valence-electron chi connectivity index (χ1n) is 32.1. The molecule has 0 spiro atoms. The van der Waals surface area contributed by atoms with Crippen molar-refractivity contribution in [1.82, 2.24) is 37.9 Å². The molecule has 0 unspecified atom stereocenters. The summed E-state index contributed by atoms with van der Waals surface area (Å²) >= 11 is 0. The molecule has 0 aliphatic heterocycles. The van der Waals surface area contributed by atoms with Crippen molar-refractivity contribution in [3.05, 3.63) is 291 Å². The molecule has 0 saturated carbocycles. The molecular formula is C86H48N8. The molecule has 0 saturated heterocycles. The molecule has 0 bridgehead atoms. The van der Waals surface area contributed by atoms with Crippen LogP contribution in [-0.4, -0.2) is 37.9 Å². The SMILES string of the molecule is c1ccc(-c2cccc(-c3nc(-n4c5ccccc5c5c6c7cc(-c8ccc9c(-c%10nc(-n%11c%12ccccc%12c%12c%13c%14ccccc%14n%14c%15ccccc%15c(cc%12%11)c%13%14)c%11ccccc%11n%10)cccc9c8)ccc7n7c8ccccc8c(cc54)c67)c4ccccc4n3)c2)cc1. The lowest BCUT2D eigenvalue weighted by Crippen LogP contribution is -2.03. The number of hydrogen-bond donors (Lipinski definition) is 0. The van der Waals surface area contributed by atoms with Crippen molar-refractivity contribution in [1.29, 1.82) is 0 Å². The predicted molar refractivity (Wildman–Crippen MR) is 390 cm³/mol. The van der Waals surface area contributed by atoms with Gasteiger partial charge in [-0.3, -0.25) is 9.13 Å². The predicted octanol–water partition coefficient (Wildman–Crippen LogP) is 21.9. The molecule has 94 heavy (non-hydrogen) atoms. The summed E-state index contributed by atoms with van der Waals surface area (Å²) in [6.45, 7) is 0. The Bertz CT molecular complexity index is 7050. The van der Waals surface area contributed by atoms with Crippen LogP contribution < -0.4 is 0 Å². The lowest BCUT2D eigenvalue weighted by atomic mass is 9.96. The Balaban J connectivity index is 0.736. The van der Waals surface area contributed by atoms with Gasteiger partial charge in [0.1, 0.15) is 11.6 Å². The van der Waals surface area contributed by atoms with Gasteiger partial charge >= 0.3 is 0 Å². The van der Waals surface area contributed by atoms with E-state index in [0.29, 0.717) is 11.6 Å². The van der Waals surface area contributed by atoms with Gasteiger partial charge in [-0.2, -0.15) is 0 Å². The van der Waals surface area contributed by atoms with Crippen LogP contribution in [0.15, 0.2) is 291 Å². The minimum Gasteiger partial charge on any atom is -0.308 e. The first-order chi connectivity index (χ1) is 46.6. The van der Waals surface area contributed by atoms with Crippen LogP contribution in [0.1, 0.15) is 0 Å². The Kier molecular flexibility index (Phi) is 9.81. The Hall–Kier alpha value is -12.8. The Morgan fingerprint density at radius 2 is 0.649 bits per heavy atom. The van der Waals surface area contributed by atoms with E-state index in [4.69, 9.17) is 19.9 Å². The minimum absolute atomic E-state index is 0.678. The maximum Gasteiger partial charge on any atom is 0.162 e. The highest BCUT2D eigenvalue weighted by molar-refractivity contribution is 6.38. The summed E-state index contributed by atoms with van der Waals surface area (Å²) in [4.78, 5) is 22.0. The summed E-state index contributed by atoms with van der Waals surface area (Å²) in [5.41, 5.74) is 19.9. The molecule has 22 rings (SSSR count). The molecule has 432 valence electrons. The highest BCUT2D eigenvalue weighted by atomic mass is 15.1. The smallest absolute Gasteiger partial charge is 0.162 e. The molecule has 0 aliphatic carbocycles. The molecule has 8 aromatic heterocycles. The fourth-order valence-electron chi connectivity index (χ4n) is 16.5. The number of fused-ring (bicyclic) bond motifs is 23. The third-order valence-corrected chi connectivity index (χ3v) is 20.4. The number of hydrogen-bond acceptors (Lipinski definition) is 4. The van der Waals surface area contributed by atoms with Gasteiger partial charge in [0.2, 0.25) is 0 Å². The van der Waals surface area contributed by atoms with Crippen molar-refractivity contribution < 1.29 is 0 Å². The van der Waals surface area contributed by atoms with Crippen LogP contribution in [0.4, 0.5) is 0 Å². The van der Waals surface area contributed by atoms with Crippen molar-refractivity contribution >= 4 is 152 Å². The molecule has 0 aliphatic rings. The van der Waals surface area contributed by atoms with Crippen LogP contribution in [-0.2, 0) is 0 Å². The quantitative estimate of drug-likeness (QED) is 0.166. The average Bonchev–Trinajstić information content (AvgIpc) is 1.52. The van der Waals surface area contributed by atoms with E-state index in [1.54, 1.807) is 0 Å². The fraction of sp³-hybridized carbons (Fsp3) is 0. The molecule has 8 nitrogen and oxygen atoms in total. The topological polar surface area (TPSA) is 70.2 Å². The summed E-state index contributed by atoms with van der Waals surface area (Å²) in [6, 6.07) is 106. The molecule has 0 fully saturated rings. The second-order valence-electron chi connectivity index (χ2n) is 25.2. The Labute approximate surface area is 535 Å². The van der Waals surface area contributed by atoms with Crippen molar-refractivity contribution in [2.45, 2.75) is 0 Å². The van der Waals surface area contributed by atoms with Crippen LogP contribution in [0.3, 0.4) is 0 Å². The van der Waals surface area contributed by atoms with E-state index in [2.05, 4.69) is 309 Å². The number of rotatable bonds is 6. The lowest BCUT2D eigenvalue weighted by Gasteiger charge is -2.14. The van der Waals surface area contributed by atoms with E-state index in [9.17, 15) is 0 Å². The monoisotopic (exact) mass is 1190 g/mol. The summed E-state index contributed by atoms with van der Waals surface area (Å²) in [7, 11) is 0. The zero-order valence-corrected chi connectivity index (χ0v) is 50.3. The molecule has 0 N–H and O–H groups in total. The first kappa shape index (κ1) is 50.0. The van der Waals surface area contributed by atoms with E-state index in [1.165, 1.54) is 97.7 Å². The van der Waals surface area contributed by atoms with Crippen LogP contribution in [0.25, 0.3) is 209 Å². The van der Waals surface area contributed by atoms with Gasteiger partial charge in [0, 0.05) is 86.5 Å². The second-order valence-corrected chi connectivity index (χ2v) is 25.2. The summed E-state index contributed by atoms with van der Waals surface area (Å²) in [5, 5.41) is 18.8. The molecule has 0 radical (unpaired) electrons. The van der Waals surface area contributed by atoms with E-state index in [1.807, 2.05) is 0 Å². The van der Waals surface area contributed by atoms with Gasteiger partial charge in [0.15, 0.2) is 11.6 Å². The van der Waals surface area contributed by atoms with Crippen molar-refractivity contribution in [3.8, 4) is 56.7 Å². The average molecular weight is 1190 g/mol. The third-order valence-electron chi connectivity index (χ3n) is 20.4.